The molecular formula is C40H24. The minimum absolute atomic E-state index is 1.26. The van der Waals surface area contributed by atoms with Crippen molar-refractivity contribution < 1.29 is 0 Å². The van der Waals surface area contributed by atoms with Gasteiger partial charge in [0.25, 0.3) is 0 Å². The molecule has 0 fully saturated rings. The molecule has 0 aliphatic heterocycles. The summed E-state index contributed by atoms with van der Waals surface area (Å²) in [7, 11) is 0. The van der Waals surface area contributed by atoms with E-state index in [9.17, 15) is 0 Å². The molecule has 0 nitrogen and oxygen atoms in total. The molecule has 184 valence electrons. The zero-order chi connectivity index (χ0) is 26.2. The molecule has 9 aromatic rings. The lowest BCUT2D eigenvalue weighted by Gasteiger charge is -2.18. The number of hydrogen-bond acceptors (Lipinski definition) is 0. The predicted octanol–water partition coefficient (Wildman–Crippen LogP) is 11.4. The van der Waals surface area contributed by atoms with Crippen molar-refractivity contribution in [1.29, 1.82) is 0 Å². The fourth-order valence-electron chi connectivity index (χ4n) is 7.10. The van der Waals surface area contributed by atoms with Crippen molar-refractivity contribution >= 4 is 75.4 Å². The van der Waals surface area contributed by atoms with Crippen LogP contribution >= 0.6 is 0 Å². The Balaban J connectivity index is 1.55. The fourth-order valence-corrected chi connectivity index (χ4v) is 7.10. The Hall–Kier alpha value is -5.20. The van der Waals surface area contributed by atoms with Gasteiger partial charge >= 0.3 is 0 Å². The number of rotatable bonds is 1. The summed E-state index contributed by atoms with van der Waals surface area (Å²) in [4.78, 5) is 0. The van der Waals surface area contributed by atoms with Crippen LogP contribution in [0, 0.1) is 0 Å². The first-order valence-electron chi connectivity index (χ1n) is 14.0. The van der Waals surface area contributed by atoms with Crippen LogP contribution in [0.3, 0.4) is 0 Å². The van der Waals surface area contributed by atoms with E-state index in [0.29, 0.717) is 0 Å². The maximum Gasteiger partial charge on any atom is -0.00137 e. The van der Waals surface area contributed by atoms with Crippen LogP contribution in [-0.4, -0.2) is 0 Å². The van der Waals surface area contributed by atoms with Crippen molar-refractivity contribution in [1.82, 2.24) is 0 Å². The molecule has 0 N–H and O–H groups in total. The highest BCUT2D eigenvalue weighted by atomic mass is 14.2. The van der Waals surface area contributed by atoms with E-state index in [2.05, 4.69) is 146 Å². The summed E-state index contributed by atoms with van der Waals surface area (Å²) in [5.41, 5.74) is 2.57. The zero-order valence-corrected chi connectivity index (χ0v) is 21.9. The van der Waals surface area contributed by atoms with E-state index in [1.54, 1.807) is 0 Å². The average Bonchev–Trinajstić information content (AvgIpc) is 3.03. The molecular weight excluding hydrogens is 480 g/mol. The maximum absolute atomic E-state index is 2.46. The molecule has 0 aliphatic rings. The van der Waals surface area contributed by atoms with Crippen molar-refractivity contribution in [2.45, 2.75) is 0 Å². The van der Waals surface area contributed by atoms with Gasteiger partial charge in [0.2, 0.25) is 0 Å². The van der Waals surface area contributed by atoms with Gasteiger partial charge in [0.1, 0.15) is 0 Å². The summed E-state index contributed by atoms with van der Waals surface area (Å²) >= 11 is 0. The monoisotopic (exact) mass is 504 g/mol. The second-order valence-corrected chi connectivity index (χ2v) is 10.8. The first kappa shape index (κ1) is 21.7. The van der Waals surface area contributed by atoms with E-state index in [1.165, 1.54) is 86.5 Å². The maximum atomic E-state index is 2.46. The van der Waals surface area contributed by atoms with Gasteiger partial charge in [0.05, 0.1) is 0 Å². The van der Waals surface area contributed by atoms with Crippen molar-refractivity contribution in [2.75, 3.05) is 0 Å². The molecule has 0 heterocycles. The third-order valence-electron chi connectivity index (χ3n) is 8.77. The zero-order valence-electron chi connectivity index (χ0n) is 21.9. The Morgan fingerprint density at radius 3 is 1.12 bits per heavy atom. The second kappa shape index (κ2) is 8.15. The van der Waals surface area contributed by atoms with Gasteiger partial charge in [-0.3, -0.25) is 0 Å². The van der Waals surface area contributed by atoms with Crippen LogP contribution in [0.15, 0.2) is 146 Å². The van der Waals surface area contributed by atoms with Gasteiger partial charge in [0, 0.05) is 0 Å². The normalized spacial score (nSPS) is 12.0. The molecule has 0 spiro atoms. The summed E-state index contributed by atoms with van der Waals surface area (Å²) in [5, 5.41) is 18.3. The van der Waals surface area contributed by atoms with Gasteiger partial charge in [-0.05, 0) is 98.7 Å². The molecule has 40 heavy (non-hydrogen) atoms. The van der Waals surface area contributed by atoms with Gasteiger partial charge in [0.15, 0.2) is 0 Å². The van der Waals surface area contributed by atoms with E-state index in [-0.39, 0.29) is 0 Å². The van der Waals surface area contributed by atoms with E-state index in [0.717, 1.165) is 0 Å². The number of benzene rings is 9. The largest absolute Gasteiger partial charge is 0.0616 e. The summed E-state index contributed by atoms with van der Waals surface area (Å²) in [6.07, 6.45) is 0. The van der Waals surface area contributed by atoms with Gasteiger partial charge in [-0.25, -0.2) is 0 Å². The van der Waals surface area contributed by atoms with Gasteiger partial charge < -0.3 is 0 Å². The van der Waals surface area contributed by atoms with Crippen LogP contribution in [-0.2, 0) is 0 Å². The Morgan fingerprint density at radius 2 is 0.625 bits per heavy atom. The van der Waals surface area contributed by atoms with E-state index in [1.807, 2.05) is 0 Å². The van der Waals surface area contributed by atoms with Gasteiger partial charge in [-0.2, -0.15) is 0 Å². The minimum Gasteiger partial charge on any atom is -0.0616 e. The summed E-state index contributed by atoms with van der Waals surface area (Å²) in [6, 6.07) is 53.8. The van der Waals surface area contributed by atoms with Crippen LogP contribution in [0.5, 0.6) is 0 Å². The highest BCUT2D eigenvalue weighted by Gasteiger charge is 2.17. The third kappa shape index (κ3) is 2.91. The molecule has 0 radical (unpaired) electrons. The number of fused-ring (bicyclic) bond motifs is 13. The van der Waals surface area contributed by atoms with Crippen LogP contribution in [0.1, 0.15) is 0 Å². The SMILES string of the molecule is c1ccc2c(-c3ccc4c5ccccc5c5c6ccccc6c6ccccc6c5c4c3)c3ccccc3cc2c1. The van der Waals surface area contributed by atoms with E-state index in [4.69, 9.17) is 0 Å². The van der Waals surface area contributed by atoms with Crippen molar-refractivity contribution in [3.8, 4) is 11.1 Å². The Bertz CT molecular complexity index is 2410. The lowest BCUT2D eigenvalue weighted by molar-refractivity contribution is 1.72. The average molecular weight is 505 g/mol. The number of hydrogen-bond donors (Lipinski definition) is 0. The van der Waals surface area contributed by atoms with Gasteiger partial charge in [-0.15, -0.1) is 0 Å². The highest BCUT2D eigenvalue weighted by Crippen LogP contribution is 2.45. The standard InChI is InChI=1S/C40H24/c1-3-13-28-25(11-1)23-26-12-2-4-14-29(26)38(28)27-21-22-33-32-17-7-9-19-35(32)39-34-18-8-5-15-30(34)31-16-6-10-20-36(31)40(39)37(33)24-27/h1-24H. The Labute approximate surface area is 231 Å². The summed E-state index contributed by atoms with van der Waals surface area (Å²) < 4.78 is 0. The van der Waals surface area contributed by atoms with E-state index < -0.39 is 0 Å². The molecule has 0 saturated heterocycles. The Morgan fingerprint density at radius 1 is 0.250 bits per heavy atom. The first-order chi connectivity index (χ1) is 19.9. The van der Waals surface area contributed by atoms with Gasteiger partial charge in [-0.1, -0.05) is 133 Å². The highest BCUT2D eigenvalue weighted by molar-refractivity contribution is 6.39. The predicted molar refractivity (Wildman–Crippen MR) is 174 cm³/mol. The lowest BCUT2D eigenvalue weighted by Crippen LogP contribution is -1.90. The van der Waals surface area contributed by atoms with Crippen LogP contribution in [0.2, 0.25) is 0 Å². The molecule has 0 unspecified atom stereocenters. The van der Waals surface area contributed by atoms with Crippen molar-refractivity contribution in [2.24, 2.45) is 0 Å². The molecule has 0 bridgehead atoms. The molecule has 9 aromatic carbocycles. The molecule has 0 atom stereocenters. The molecule has 0 saturated carbocycles. The molecule has 9 rings (SSSR count). The molecule has 0 amide bonds. The Kier molecular flexibility index (Phi) is 4.42. The lowest BCUT2D eigenvalue weighted by atomic mass is 9.85. The van der Waals surface area contributed by atoms with Crippen LogP contribution in [0.25, 0.3) is 86.5 Å². The van der Waals surface area contributed by atoms with Crippen LogP contribution < -0.4 is 0 Å². The first-order valence-corrected chi connectivity index (χ1v) is 14.0. The minimum atomic E-state index is 1.26. The van der Waals surface area contributed by atoms with Crippen molar-refractivity contribution in [3.05, 3.63) is 146 Å². The summed E-state index contributed by atoms with van der Waals surface area (Å²) in [6.45, 7) is 0. The second-order valence-electron chi connectivity index (χ2n) is 10.8. The van der Waals surface area contributed by atoms with Crippen molar-refractivity contribution in [3.63, 3.8) is 0 Å². The smallest absolute Gasteiger partial charge is 0.00137 e. The fraction of sp³-hybridized carbons (Fsp3) is 0. The molecule has 0 aromatic heterocycles. The quantitative estimate of drug-likeness (QED) is 0.154. The topological polar surface area (TPSA) is 0 Å². The van der Waals surface area contributed by atoms with Crippen LogP contribution in [0.4, 0.5) is 0 Å². The third-order valence-corrected chi connectivity index (χ3v) is 8.77. The summed E-state index contributed by atoms with van der Waals surface area (Å²) in [5.74, 6) is 0. The van der Waals surface area contributed by atoms with E-state index >= 15 is 0 Å². The molecule has 0 aliphatic carbocycles. The molecule has 0 heteroatoms.